The number of nitrogens with one attached hydrogen (secondary N) is 2. The summed E-state index contributed by atoms with van der Waals surface area (Å²) in [7, 11) is 1.22. The van der Waals surface area contributed by atoms with E-state index >= 15 is 0 Å². The van der Waals surface area contributed by atoms with Gasteiger partial charge in [-0.2, -0.15) is 0 Å². The predicted molar refractivity (Wildman–Crippen MR) is 57.3 cm³/mol. The fraction of sp³-hybridized carbons (Fsp3) is 0.700. The lowest BCUT2D eigenvalue weighted by Gasteiger charge is -2.14. The van der Waals surface area contributed by atoms with E-state index in [4.69, 9.17) is 5.11 Å². The van der Waals surface area contributed by atoms with Gasteiger partial charge in [0.2, 0.25) is 0 Å². The summed E-state index contributed by atoms with van der Waals surface area (Å²) in [5.41, 5.74) is -0.814. The number of carbonyl (C=O) groups is 3. The molecule has 0 aromatic carbocycles. The van der Waals surface area contributed by atoms with E-state index in [2.05, 4.69) is 15.4 Å². The number of rotatable bonds is 5. The van der Waals surface area contributed by atoms with Gasteiger partial charge in [0.25, 0.3) is 0 Å². The molecule has 1 aliphatic rings. The maximum atomic E-state index is 11.3. The number of aliphatic carboxylic acids is 1. The molecule has 2 amide bonds. The van der Waals surface area contributed by atoms with E-state index in [1.165, 1.54) is 14.0 Å². The molecule has 7 nitrogen and oxygen atoms in total. The maximum Gasteiger partial charge on any atom is 0.328 e. The monoisotopic (exact) mass is 244 g/mol. The van der Waals surface area contributed by atoms with E-state index in [0.717, 1.165) is 0 Å². The third-order valence-corrected chi connectivity index (χ3v) is 2.80. The van der Waals surface area contributed by atoms with Crippen LogP contribution >= 0.6 is 0 Å². The molecule has 0 saturated heterocycles. The Morgan fingerprint density at radius 2 is 2.00 bits per heavy atom. The minimum absolute atomic E-state index is 0.0715. The number of esters is 1. The van der Waals surface area contributed by atoms with Crippen LogP contribution in [-0.2, 0) is 14.3 Å². The van der Waals surface area contributed by atoms with Crippen molar-refractivity contribution in [1.82, 2.24) is 10.6 Å². The molecule has 96 valence electrons. The highest BCUT2D eigenvalue weighted by Gasteiger charge is 2.50. The largest absolute Gasteiger partial charge is 0.481 e. The predicted octanol–water partition coefficient (Wildman–Crippen LogP) is -0.288. The molecule has 0 bridgehead atoms. The molecule has 0 aromatic rings. The van der Waals surface area contributed by atoms with Crippen LogP contribution in [-0.4, -0.2) is 42.8 Å². The number of carboxylic acid groups (broad SMARTS) is 1. The van der Waals surface area contributed by atoms with Crippen LogP contribution < -0.4 is 10.6 Å². The second kappa shape index (κ2) is 5.03. The lowest BCUT2D eigenvalue weighted by Crippen LogP contribution is -2.47. The Morgan fingerprint density at radius 1 is 1.41 bits per heavy atom. The molecule has 1 saturated carbocycles. The second-order valence-electron chi connectivity index (χ2n) is 4.16. The summed E-state index contributed by atoms with van der Waals surface area (Å²) >= 11 is 0. The van der Waals surface area contributed by atoms with Crippen LogP contribution in [0.4, 0.5) is 4.79 Å². The van der Waals surface area contributed by atoms with Crippen molar-refractivity contribution in [3.05, 3.63) is 0 Å². The Hall–Kier alpha value is -1.79. The average Bonchev–Trinajstić information content (AvgIpc) is 3.06. The van der Waals surface area contributed by atoms with Crippen LogP contribution in [0.1, 0.15) is 19.8 Å². The molecule has 0 spiro atoms. The van der Waals surface area contributed by atoms with Crippen molar-refractivity contribution in [2.45, 2.75) is 25.8 Å². The van der Waals surface area contributed by atoms with Gasteiger partial charge in [-0.1, -0.05) is 0 Å². The summed E-state index contributed by atoms with van der Waals surface area (Å²) in [5, 5.41) is 13.7. The van der Waals surface area contributed by atoms with E-state index in [1.807, 2.05) is 0 Å². The van der Waals surface area contributed by atoms with E-state index in [0.29, 0.717) is 12.8 Å². The zero-order chi connectivity index (χ0) is 13.1. The number of urea groups is 1. The average molecular weight is 244 g/mol. The molecule has 1 atom stereocenters. The van der Waals surface area contributed by atoms with Crippen molar-refractivity contribution in [3.63, 3.8) is 0 Å². The van der Waals surface area contributed by atoms with Crippen LogP contribution in [0.5, 0.6) is 0 Å². The molecule has 17 heavy (non-hydrogen) atoms. The number of hydrogen-bond donors (Lipinski definition) is 3. The highest BCUT2D eigenvalue weighted by atomic mass is 16.5. The summed E-state index contributed by atoms with van der Waals surface area (Å²) in [6, 6.07) is -1.34. The highest BCUT2D eigenvalue weighted by molar-refractivity contribution is 5.84. The molecule has 1 unspecified atom stereocenters. The van der Waals surface area contributed by atoms with Crippen molar-refractivity contribution >= 4 is 18.0 Å². The first kappa shape index (κ1) is 13.3. The van der Waals surface area contributed by atoms with Crippen molar-refractivity contribution in [2.75, 3.05) is 13.7 Å². The van der Waals surface area contributed by atoms with Gasteiger partial charge in [0.05, 0.1) is 12.5 Å². The summed E-state index contributed by atoms with van der Waals surface area (Å²) in [5.74, 6) is -1.46. The van der Waals surface area contributed by atoms with Gasteiger partial charge in [-0.05, 0) is 19.8 Å². The van der Waals surface area contributed by atoms with E-state index < -0.39 is 29.4 Å². The topological polar surface area (TPSA) is 105 Å². The van der Waals surface area contributed by atoms with Crippen LogP contribution in [0.3, 0.4) is 0 Å². The lowest BCUT2D eigenvalue weighted by atomic mass is 10.1. The van der Waals surface area contributed by atoms with Gasteiger partial charge in [0, 0.05) is 6.54 Å². The molecule has 0 heterocycles. The normalized spacial score (nSPS) is 17.8. The molecule has 1 fully saturated rings. The number of methoxy groups -OCH3 is 1. The van der Waals surface area contributed by atoms with E-state index in [-0.39, 0.29) is 6.54 Å². The van der Waals surface area contributed by atoms with Crippen LogP contribution in [0.25, 0.3) is 0 Å². The van der Waals surface area contributed by atoms with Crippen molar-refractivity contribution < 1.29 is 24.2 Å². The molecular weight excluding hydrogens is 228 g/mol. The summed E-state index contributed by atoms with van der Waals surface area (Å²) in [4.78, 5) is 33.2. The van der Waals surface area contributed by atoms with E-state index in [1.54, 1.807) is 0 Å². The molecule has 0 radical (unpaired) electrons. The Labute approximate surface area is 98.5 Å². The quantitative estimate of drug-likeness (QED) is 0.576. The Balaban J connectivity index is 2.31. The van der Waals surface area contributed by atoms with Crippen LogP contribution in [0.15, 0.2) is 0 Å². The van der Waals surface area contributed by atoms with Gasteiger partial charge >= 0.3 is 18.0 Å². The molecule has 1 rings (SSSR count). The summed E-state index contributed by atoms with van der Waals surface area (Å²) < 4.78 is 4.43. The van der Waals surface area contributed by atoms with Gasteiger partial charge in [-0.25, -0.2) is 9.59 Å². The smallest absolute Gasteiger partial charge is 0.328 e. The Kier molecular flexibility index (Phi) is 3.93. The first-order valence-electron chi connectivity index (χ1n) is 5.27. The summed E-state index contributed by atoms with van der Waals surface area (Å²) in [6.07, 6.45) is 1.13. The minimum Gasteiger partial charge on any atom is -0.481 e. The van der Waals surface area contributed by atoms with Crippen LogP contribution in [0, 0.1) is 5.41 Å². The SMILES string of the molecule is COC(=O)C(C)NC(=O)NCC1(C(=O)O)CC1. The number of carboxylic acids is 1. The summed E-state index contributed by atoms with van der Waals surface area (Å²) in [6.45, 7) is 1.55. The molecular formula is C10H16N2O5. The second-order valence-corrected chi connectivity index (χ2v) is 4.16. The lowest BCUT2D eigenvalue weighted by molar-refractivity contribution is -0.143. The standard InChI is InChI=1S/C10H16N2O5/c1-6(7(13)17-2)12-9(16)11-5-10(3-4-10)8(14)15/h6H,3-5H2,1-2H3,(H,14,15)(H2,11,12,16). The zero-order valence-corrected chi connectivity index (χ0v) is 9.78. The first-order chi connectivity index (χ1) is 7.91. The number of hydrogen-bond acceptors (Lipinski definition) is 4. The fourth-order valence-corrected chi connectivity index (χ4v) is 1.35. The zero-order valence-electron chi connectivity index (χ0n) is 9.78. The minimum atomic E-state index is -0.904. The van der Waals surface area contributed by atoms with Crippen LogP contribution in [0.2, 0.25) is 0 Å². The third kappa shape index (κ3) is 3.33. The fourth-order valence-electron chi connectivity index (χ4n) is 1.35. The van der Waals surface area contributed by atoms with Crippen molar-refractivity contribution in [3.8, 4) is 0 Å². The number of carbonyl (C=O) groups excluding carboxylic acids is 2. The number of ether oxygens (including phenoxy) is 1. The molecule has 0 aliphatic heterocycles. The molecule has 1 aliphatic carbocycles. The van der Waals surface area contributed by atoms with Crippen molar-refractivity contribution in [1.29, 1.82) is 0 Å². The van der Waals surface area contributed by atoms with E-state index in [9.17, 15) is 14.4 Å². The molecule has 3 N–H and O–H groups in total. The van der Waals surface area contributed by atoms with Gasteiger partial charge < -0.3 is 20.5 Å². The van der Waals surface area contributed by atoms with Gasteiger partial charge in [-0.15, -0.1) is 0 Å². The van der Waals surface area contributed by atoms with Gasteiger partial charge in [0.1, 0.15) is 6.04 Å². The Morgan fingerprint density at radius 3 is 2.41 bits per heavy atom. The van der Waals surface area contributed by atoms with Crippen molar-refractivity contribution in [2.24, 2.45) is 5.41 Å². The third-order valence-electron chi connectivity index (χ3n) is 2.80. The number of amides is 2. The van der Waals surface area contributed by atoms with Gasteiger partial charge in [0.15, 0.2) is 0 Å². The molecule has 0 aromatic heterocycles. The Bertz CT molecular complexity index is 338. The maximum absolute atomic E-state index is 11.3. The highest BCUT2D eigenvalue weighted by Crippen LogP contribution is 2.45. The van der Waals surface area contributed by atoms with Gasteiger partial charge in [-0.3, -0.25) is 4.79 Å². The first-order valence-corrected chi connectivity index (χ1v) is 5.27. The molecule has 7 heteroatoms.